The number of likely N-dealkylation sites (N-methyl/N-ethyl adjacent to an activating group) is 1. The van der Waals surface area contributed by atoms with E-state index in [1.807, 2.05) is 48.1 Å². The molecule has 11 heteroatoms. The Morgan fingerprint density at radius 1 is 1.16 bits per heavy atom. The molecule has 4 heterocycles. The lowest BCUT2D eigenvalue weighted by atomic mass is 9.69. The fourth-order valence-corrected chi connectivity index (χ4v) is 9.01. The van der Waals surface area contributed by atoms with Crippen molar-refractivity contribution in [2.24, 2.45) is 18.4 Å². The first-order valence-electron chi connectivity index (χ1n) is 17.8. The van der Waals surface area contributed by atoms with Gasteiger partial charge in [-0.2, -0.15) is 10.2 Å². The molecule has 0 fully saturated rings. The summed E-state index contributed by atoms with van der Waals surface area (Å²) >= 11 is 1.81. The number of aromatic carboxylic acids is 1. The molecule has 3 aliphatic rings. The van der Waals surface area contributed by atoms with Crippen LogP contribution in [0.15, 0.2) is 65.7 Å². The number of halogens is 1. The van der Waals surface area contributed by atoms with Gasteiger partial charge in [-0.1, -0.05) is 18.2 Å². The van der Waals surface area contributed by atoms with Crippen molar-refractivity contribution < 1.29 is 19.0 Å². The third-order valence-electron chi connectivity index (χ3n) is 10.8. The highest BCUT2D eigenvalue weighted by atomic mass is 32.2. The molecule has 0 amide bonds. The summed E-state index contributed by atoms with van der Waals surface area (Å²) in [5.74, 6) is 0.921. The number of hydrogen-bond acceptors (Lipinski definition) is 6. The Kier molecular flexibility index (Phi) is 9.62. The monoisotopic (exact) mass is 710 g/mol. The SMILES string of the molecule is CNCCn1nc(C)c2c1CSCc1cc(n(C)n1)CCC1=CC3C=C(F)C=CC3(C)C(=C1)OCCCn1c(C(=O)O)c(C)c3c-2c(C)ccc31. The second kappa shape index (κ2) is 14.0. The highest BCUT2D eigenvalue weighted by molar-refractivity contribution is 7.97. The summed E-state index contributed by atoms with van der Waals surface area (Å²) in [4.78, 5) is 12.9. The van der Waals surface area contributed by atoms with Crippen LogP contribution in [0, 0.1) is 32.1 Å². The van der Waals surface area contributed by atoms with Crippen LogP contribution in [0.3, 0.4) is 0 Å². The van der Waals surface area contributed by atoms with Gasteiger partial charge in [0.2, 0.25) is 0 Å². The molecule has 9 nitrogen and oxygen atoms in total. The molecular weight excluding hydrogens is 664 g/mol. The average Bonchev–Trinajstić information content (AvgIpc) is 3.70. The van der Waals surface area contributed by atoms with Gasteiger partial charge in [0.15, 0.2) is 0 Å². The number of aromatic nitrogens is 5. The van der Waals surface area contributed by atoms with Crippen molar-refractivity contribution in [1.29, 1.82) is 0 Å². The number of thioether (sulfide) groups is 1. The third-order valence-corrected chi connectivity index (χ3v) is 11.7. The van der Waals surface area contributed by atoms with E-state index < -0.39 is 11.4 Å². The maximum absolute atomic E-state index is 14.5. The molecule has 2 unspecified atom stereocenters. The Labute approximate surface area is 302 Å². The van der Waals surface area contributed by atoms with Gasteiger partial charge in [0.1, 0.15) is 17.3 Å². The number of benzene rings is 1. The van der Waals surface area contributed by atoms with E-state index in [1.54, 1.807) is 6.08 Å². The highest BCUT2D eigenvalue weighted by Crippen LogP contribution is 2.47. The van der Waals surface area contributed by atoms with Crippen LogP contribution in [0.4, 0.5) is 4.39 Å². The number of nitrogens with zero attached hydrogens (tertiary/aromatic N) is 5. The van der Waals surface area contributed by atoms with Crippen molar-refractivity contribution in [3.8, 4) is 11.1 Å². The molecule has 1 aliphatic heterocycles. The lowest BCUT2D eigenvalue weighted by Gasteiger charge is -2.39. The van der Waals surface area contributed by atoms with Gasteiger partial charge in [-0.3, -0.25) is 9.36 Å². The topological polar surface area (TPSA) is 99.1 Å². The normalized spacial score (nSPS) is 20.9. The van der Waals surface area contributed by atoms with Crippen LogP contribution in [-0.2, 0) is 42.8 Å². The van der Waals surface area contributed by atoms with Gasteiger partial charge in [-0.15, -0.1) is 11.8 Å². The second-order valence-electron chi connectivity index (χ2n) is 14.2. The molecule has 0 radical (unpaired) electrons. The largest absolute Gasteiger partial charge is 0.497 e. The Balaban J connectivity index is 1.35. The molecule has 0 saturated carbocycles. The van der Waals surface area contributed by atoms with E-state index in [4.69, 9.17) is 14.9 Å². The minimum absolute atomic E-state index is 0.164. The van der Waals surface area contributed by atoms with Crippen LogP contribution in [0.2, 0.25) is 0 Å². The van der Waals surface area contributed by atoms with Crippen LogP contribution < -0.4 is 5.32 Å². The molecule has 1 aromatic carbocycles. The minimum atomic E-state index is -0.948. The summed E-state index contributed by atoms with van der Waals surface area (Å²) in [6.45, 7) is 10.5. The molecule has 3 aromatic heterocycles. The Bertz CT molecular complexity index is 2150. The number of hydrogen-bond donors (Lipinski definition) is 2. The fraction of sp³-hybridized carbons (Fsp3) is 0.425. The number of allylic oxidation sites excluding steroid dienone is 7. The highest BCUT2D eigenvalue weighted by Gasteiger charge is 2.40. The molecule has 4 aromatic rings. The predicted molar refractivity (Wildman–Crippen MR) is 201 cm³/mol. The van der Waals surface area contributed by atoms with E-state index in [1.165, 1.54) is 6.08 Å². The summed E-state index contributed by atoms with van der Waals surface area (Å²) in [7, 11) is 3.95. The van der Waals surface area contributed by atoms with E-state index in [2.05, 4.69) is 61.1 Å². The number of rotatable bonds is 4. The summed E-state index contributed by atoms with van der Waals surface area (Å²) < 4.78 is 27.1. The van der Waals surface area contributed by atoms with Gasteiger partial charge >= 0.3 is 5.97 Å². The van der Waals surface area contributed by atoms with Crippen LogP contribution in [0.5, 0.6) is 0 Å². The quantitative estimate of drug-likeness (QED) is 0.224. The summed E-state index contributed by atoms with van der Waals surface area (Å²) in [6, 6.07) is 6.35. The van der Waals surface area contributed by atoms with Gasteiger partial charge in [-0.25, -0.2) is 9.18 Å². The summed E-state index contributed by atoms with van der Waals surface area (Å²) in [5, 5.41) is 24.7. The van der Waals surface area contributed by atoms with Crippen LogP contribution in [-0.4, -0.2) is 55.4 Å². The molecule has 0 spiro atoms. The van der Waals surface area contributed by atoms with E-state index in [0.717, 1.165) is 105 Å². The van der Waals surface area contributed by atoms with Crippen molar-refractivity contribution in [1.82, 2.24) is 29.4 Å². The molecule has 0 saturated heterocycles. The van der Waals surface area contributed by atoms with Crippen LogP contribution >= 0.6 is 11.8 Å². The summed E-state index contributed by atoms with van der Waals surface area (Å²) in [6.07, 6.45) is 11.6. The smallest absolute Gasteiger partial charge is 0.352 e. The molecule has 2 N–H and O–H groups in total. The maximum atomic E-state index is 14.5. The maximum Gasteiger partial charge on any atom is 0.352 e. The van der Waals surface area contributed by atoms with Crippen molar-refractivity contribution in [2.75, 3.05) is 20.2 Å². The van der Waals surface area contributed by atoms with E-state index in [0.29, 0.717) is 25.3 Å². The lowest BCUT2D eigenvalue weighted by Crippen LogP contribution is -2.31. The van der Waals surface area contributed by atoms with Crippen molar-refractivity contribution in [3.05, 3.63) is 105 Å². The van der Waals surface area contributed by atoms with Gasteiger partial charge in [-0.05, 0) is 107 Å². The van der Waals surface area contributed by atoms with Crippen molar-refractivity contribution in [3.63, 3.8) is 0 Å². The van der Waals surface area contributed by atoms with Crippen LogP contribution in [0.25, 0.3) is 22.0 Å². The third kappa shape index (κ3) is 6.39. The van der Waals surface area contributed by atoms with Gasteiger partial charge in [0, 0.05) is 59.7 Å². The number of ether oxygens (including phenoxy) is 1. The second-order valence-corrected chi connectivity index (χ2v) is 15.2. The zero-order chi connectivity index (χ0) is 36.0. The molecule has 51 heavy (non-hydrogen) atoms. The molecule has 2 aliphatic carbocycles. The minimum Gasteiger partial charge on any atom is -0.497 e. The van der Waals surface area contributed by atoms with E-state index in [-0.39, 0.29) is 11.7 Å². The fourth-order valence-electron chi connectivity index (χ4n) is 8.07. The van der Waals surface area contributed by atoms with Crippen molar-refractivity contribution >= 4 is 28.6 Å². The zero-order valence-corrected chi connectivity index (χ0v) is 31.2. The standard InChI is InChI=1S/C40H47FN6O3S/c1-24-8-11-32-36-25(2)38(39(48)49)46(32)15-7-17-50-34-19-27(18-28-20-29(41)12-13-40(28,34)4)9-10-31-21-30(44-45(31)6)22-51-23-33-37(35(24)36)26(3)43-47(33)16-14-42-5/h8,11-13,18-21,28,42H,7,9-10,14-17,22-23H2,1-6H3,(H,48,49). The molecule has 268 valence electrons. The lowest BCUT2D eigenvalue weighted by molar-refractivity contribution is 0.0683. The van der Waals surface area contributed by atoms with E-state index >= 15 is 0 Å². The molecule has 2 atom stereocenters. The molecule has 7 rings (SSSR count). The number of carboxylic acids is 1. The Hall–Kier alpha value is -4.35. The zero-order valence-electron chi connectivity index (χ0n) is 30.3. The number of carboxylic acid groups (broad SMARTS) is 1. The van der Waals surface area contributed by atoms with Gasteiger partial charge < -0.3 is 19.7 Å². The first-order chi connectivity index (χ1) is 24.5. The molecule has 8 bridgehead atoms. The molecular formula is C40H47FN6O3S. The number of fused-ring (bicyclic) bond motifs is 7. The van der Waals surface area contributed by atoms with E-state index in [9.17, 15) is 14.3 Å². The van der Waals surface area contributed by atoms with Gasteiger partial charge in [0.05, 0.1) is 35.6 Å². The van der Waals surface area contributed by atoms with Gasteiger partial charge in [0.25, 0.3) is 0 Å². The number of aryl methyl sites for hydroxylation is 6. The number of nitrogens with one attached hydrogen (secondary N) is 1. The van der Waals surface area contributed by atoms with Crippen LogP contribution in [0.1, 0.15) is 64.2 Å². The van der Waals surface area contributed by atoms with Crippen molar-refractivity contribution in [2.45, 2.75) is 71.6 Å². The number of carbonyl (C=O) groups is 1. The first kappa shape index (κ1) is 35.1. The first-order valence-corrected chi connectivity index (χ1v) is 18.9. The Morgan fingerprint density at radius 3 is 2.76 bits per heavy atom. The predicted octanol–water partition coefficient (Wildman–Crippen LogP) is 7.74. The average molecular weight is 711 g/mol. The Morgan fingerprint density at radius 2 is 1.98 bits per heavy atom. The summed E-state index contributed by atoms with van der Waals surface area (Å²) in [5.41, 5.74) is 9.99.